The predicted octanol–water partition coefficient (Wildman–Crippen LogP) is 3.21. The number of pyridine rings is 1. The van der Waals surface area contributed by atoms with E-state index < -0.39 is 0 Å². The summed E-state index contributed by atoms with van der Waals surface area (Å²) in [5.41, 5.74) is 6.97. The molecule has 0 amide bonds. The van der Waals surface area contributed by atoms with Crippen LogP contribution >= 0.6 is 11.6 Å². The van der Waals surface area contributed by atoms with Crippen molar-refractivity contribution in [1.29, 1.82) is 0 Å². The maximum Gasteiger partial charge on any atom is 0.137 e. The SMILES string of the molecule is CCOc1cncc(C(N)COc2ccc(Cl)cc2)c1. The zero-order valence-electron chi connectivity index (χ0n) is 11.3. The van der Waals surface area contributed by atoms with Crippen LogP contribution in [0.25, 0.3) is 0 Å². The Labute approximate surface area is 123 Å². The van der Waals surface area contributed by atoms with E-state index in [4.69, 9.17) is 26.8 Å². The van der Waals surface area contributed by atoms with E-state index in [-0.39, 0.29) is 6.04 Å². The second-order valence-electron chi connectivity index (χ2n) is 4.26. The molecule has 1 atom stereocenters. The van der Waals surface area contributed by atoms with Gasteiger partial charge in [-0.25, -0.2) is 0 Å². The van der Waals surface area contributed by atoms with Crippen LogP contribution in [0.4, 0.5) is 0 Å². The maximum atomic E-state index is 6.09. The number of halogens is 1. The van der Waals surface area contributed by atoms with Crippen molar-refractivity contribution in [3.05, 3.63) is 53.3 Å². The largest absolute Gasteiger partial charge is 0.492 e. The van der Waals surface area contributed by atoms with E-state index in [1.165, 1.54) is 0 Å². The highest BCUT2D eigenvalue weighted by molar-refractivity contribution is 6.30. The minimum atomic E-state index is -0.265. The number of ether oxygens (including phenoxy) is 2. The first-order valence-electron chi connectivity index (χ1n) is 6.40. The number of aromatic nitrogens is 1. The molecule has 0 spiro atoms. The van der Waals surface area contributed by atoms with Gasteiger partial charge in [0.2, 0.25) is 0 Å². The van der Waals surface area contributed by atoms with Gasteiger partial charge in [-0.15, -0.1) is 0 Å². The second-order valence-corrected chi connectivity index (χ2v) is 4.69. The fourth-order valence-corrected chi connectivity index (χ4v) is 1.82. The fourth-order valence-electron chi connectivity index (χ4n) is 1.70. The number of benzene rings is 1. The molecule has 1 aromatic heterocycles. The van der Waals surface area contributed by atoms with Crippen molar-refractivity contribution in [2.75, 3.05) is 13.2 Å². The fraction of sp³-hybridized carbons (Fsp3) is 0.267. The van der Waals surface area contributed by atoms with Gasteiger partial charge in [-0.2, -0.15) is 0 Å². The summed E-state index contributed by atoms with van der Waals surface area (Å²) in [5, 5.41) is 0.676. The van der Waals surface area contributed by atoms with Crippen LogP contribution < -0.4 is 15.2 Å². The van der Waals surface area contributed by atoms with Crippen LogP contribution in [-0.4, -0.2) is 18.2 Å². The summed E-state index contributed by atoms with van der Waals surface area (Å²) in [6, 6.07) is 8.79. The van der Waals surface area contributed by atoms with E-state index in [1.807, 2.05) is 25.1 Å². The molecule has 0 aliphatic heterocycles. The smallest absolute Gasteiger partial charge is 0.137 e. The van der Waals surface area contributed by atoms with Crippen LogP contribution in [-0.2, 0) is 0 Å². The zero-order chi connectivity index (χ0) is 14.4. The molecular weight excluding hydrogens is 276 g/mol. The van der Waals surface area contributed by atoms with Gasteiger partial charge in [0.15, 0.2) is 0 Å². The van der Waals surface area contributed by atoms with E-state index in [1.54, 1.807) is 24.5 Å². The minimum Gasteiger partial charge on any atom is -0.492 e. The third kappa shape index (κ3) is 4.11. The number of hydrogen-bond donors (Lipinski definition) is 1. The molecule has 20 heavy (non-hydrogen) atoms. The van der Waals surface area contributed by atoms with Crippen LogP contribution in [0.1, 0.15) is 18.5 Å². The van der Waals surface area contributed by atoms with Crippen molar-refractivity contribution < 1.29 is 9.47 Å². The van der Waals surface area contributed by atoms with E-state index in [0.717, 1.165) is 11.3 Å². The van der Waals surface area contributed by atoms with Crippen LogP contribution in [0.3, 0.4) is 0 Å². The lowest BCUT2D eigenvalue weighted by atomic mass is 10.1. The van der Waals surface area contributed by atoms with Gasteiger partial charge in [-0.1, -0.05) is 11.6 Å². The summed E-state index contributed by atoms with van der Waals surface area (Å²) >= 11 is 5.81. The summed E-state index contributed by atoms with van der Waals surface area (Å²) in [5.74, 6) is 1.45. The van der Waals surface area contributed by atoms with Crippen molar-refractivity contribution in [1.82, 2.24) is 4.98 Å². The Hall–Kier alpha value is -1.78. The number of hydrogen-bond acceptors (Lipinski definition) is 4. The summed E-state index contributed by atoms with van der Waals surface area (Å²) in [7, 11) is 0. The Morgan fingerprint density at radius 3 is 2.60 bits per heavy atom. The topological polar surface area (TPSA) is 57.4 Å². The monoisotopic (exact) mass is 292 g/mol. The highest BCUT2D eigenvalue weighted by atomic mass is 35.5. The molecule has 1 unspecified atom stereocenters. The van der Waals surface area contributed by atoms with Gasteiger partial charge in [0.25, 0.3) is 0 Å². The van der Waals surface area contributed by atoms with Crippen molar-refractivity contribution >= 4 is 11.6 Å². The lowest BCUT2D eigenvalue weighted by molar-refractivity contribution is 0.289. The molecule has 2 aromatic rings. The van der Waals surface area contributed by atoms with Crippen molar-refractivity contribution in [3.8, 4) is 11.5 Å². The van der Waals surface area contributed by atoms with Gasteiger partial charge < -0.3 is 15.2 Å². The highest BCUT2D eigenvalue weighted by Gasteiger charge is 2.09. The van der Waals surface area contributed by atoms with Crippen LogP contribution in [0, 0.1) is 0 Å². The number of rotatable bonds is 6. The van der Waals surface area contributed by atoms with Crippen LogP contribution in [0.5, 0.6) is 11.5 Å². The van der Waals surface area contributed by atoms with Crippen molar-refractivity contribution in [2.24, 2.45) is 5.73 Å². The first kappa shape index (κ1) is 14.6. The molecule has 5 heteroatoms. The quantitative estimate of drug-likeness (QED) is 0.888. The molecule has 4 nitrogen and oxygen atoms in total. The maximum absolute atomic E-state index is 6.09. The van der Waals surface area contributed by atoms with Gasteiger partial charge >= 0.3 is 0 Å². The summed E-state index contributed by atoms with van der Waals surface area (Å²) in [6.45, 7) is 2.89. The Morgan fingerprint density at radius 1 is 1.15 bits per heavy atom. The molecule has 2 rings (SSSR count). The number of nitrogens with two attached hydrogens (primary N) is 1. The van der Waals surface area contributed by atoms with E-state index in [9.17, 15) is 0 Å². The summed E-state index contributed by atoms with van der Waals surface area (Å²) in [4.78, 5) is 4.11. The van der Waals surface area contributed by atoms with Crippen LogP contribution in [0.2, 0.25) is 5.02 Å². The van der Waals surface area contributed by atoms with Gasteiger partial charge in [-0.05, 0) is 42.8 Å². The molecule has 0 saturated heterocycles. The molecular formula is C15H17ClN2O2. The Bertz CT molecular complexity index is 546. The van der Waals surface area contributed by atoms with Gasteiger partial charge in [0, 0.05) is 11.2 Å². The van der Waals surface area contributed by atoms with Crippen molar-refractivity contribution in [3.63, 3.8) is 0 Å². The minimum absolute atomic E-state index is 0.265. The van der Waals surface area contributed by atoms with Gasteiger partial charge in [0.1, 0.15) is 18.1 Å². The molecule has 1 aromatic carbocycles. The molecule has 0 radical (unpaired) electrons. The molecule has 0 saturated carbocycles. The second kappa shape index (κ2) is 7.12. The zero-order valence-corrected chi connectivity index (χ0v) is 12.0. The normalized spacial score (nSPS) is 11.9. The van der Waals surface area contributed by atoms with Crippen LogP contribution in [0.15, 0.2) is 42.7 Å². The lowest BCUT2D eigenvalue weighted by Crippen LogP contribution is -2.19. The average molecular weight is 293 g/mol. The number of nitrogens with zero attached hydrogens (tertiary/aromatic N) is 1. The average Bonchev–Trinajstić information content (AvgIpc) is 2.47. The van der Waals surface area contributed by atoms with E-state index in [0.29, 0.717) is 24.0 Å². The Balaban J connectivity index is 1.95. The van der Waals surface area contributed by atoms with E-state index >= 15 is 0 Å². The molecule has 0 fully saturated rings. The first-order chi connectivity index (χ1) is 9.69. The third-order valence-corrected chi connectivity index (χ3v) is 2.97. The molecule has 1 heterocycles. The molecule has 106 valence electrons. The molecule has 2 N–H and O–H groups in total. The predicted molar refractivity (Wildman–Crippen MR) is 79.3 cm³/mol. The lowest BCUT2D eigenvalue weighted by Gasteiger charge is -2.14. The van der Waals surface area contributed by atoms with E-state index in [2.05, 4.69) is 4.98 Å². The van der Waals surface area contributed by atoms with Gasteiger partial charge in [0.05, 0.1) is 18.8 Å². The Morgan fingerprint density at radius 2 is 1.90 bits per heavy atom. The standard InChI is InChI=1S/C15H17ClN2O2/c1-2-19-14-7-11(8-18-9-14)15(17)10-20-13-5-3-12(16)4-6-13/h3-9,15H,2,10,17H2,1H3. The Kier molecular flexibility index (Phi) is 5.21. The first-order valence-corrected chi connectivity index (χ1v) is 6.78. The third-order valence-electron chi connectivity index (χ3n) is 2.72. The van der Waals surface area contributed by atoms with Gasteiger partial charge in [-0.3, -0.25) is 4.98 Å². The molecule has 0 aliphatic carbocycles. The molecule has 0 bridgehead atoms. The molecule has 0 aliphatic rings. The summed E-state index contributed by atoms with van der Waals surface area (Å²) in [6.07, 6.45) is 3.39. The van der Waals surface area contributed by atoms with Crippen molar-refractivity contribution in [2.45, 2.75) is 13.0 Å². The highest BCUT2D eigenvalue weighted by Crippen LogP contribution is 2.19. The summed E-state index contributed by atoms with van der Waals surface area (Å²) < 4.78 is 11.0.